The van der Waals surface area contributed by atoms with E-state index < -0.39 is 11.4 Å². The summed E-state index contributed by atoms with van der Waals surface area (Å²) >= 11 is 1.47. The van der Waals surface area contributed by atoms with E-state index in [0.29, 0.717) is 5.82 Å². The highest BCUT2D eigenvalue weighted by Crippen LogP contribution is 2.42. The summed E-state index contributed by atoms with van der Waals surface area (Å²) in [4.78, 5) is 18.7. The van der Waals surface area contributed by atoms with Gasteiger partial charge in [-0.25, -0.2) is 19.3 Å². The SMILES string of the molecule is CCN1CCN(c2ccc(Nc3ncc(F)c(-c4sc5c(C(C)(C)OC)n(C)nc5c4C)n3)nc2)CC1. The van der Waals surface area contributed by atoms with E-state index in [1.54, 1.807) is 7.11 Å². The number of hydrogen-bond donors (Lipinski definition) is 1. The van der Waals surface area contributed by atoms with Crippen LogP contribution in [0, 0.1) is 12.7 Å². The largest absolute Gasteiger partial charge is 0.372 e. The van der Waals surface area contributed by atoms with Crippen LogP contribution in [0.25, 0.3) is 20.8 Å². The molecule has 9 nitrogen and oxygen atoms in total. The fourth-order valence-electron chi connectivity index (χ4n) is 4.79. The molecule has 1 saturated heterocycles. The Hall–Kier alpha value is -3.15. The molecule has 1 N–H and O–H groups in total. The Labute approximate surface area is 220 Å². The number of hydrogen-bond acceptors (Lipinski definition) is 9. The maximum Gasteiger partial charge on any atom is 0.229 e. The number of piperazine rings is 1. The van der Waals surface area contributed by atoms with Gasteiger partial charge in [-0.15, -0.1) is 11.3 Å². The highest BCUT2D eigenvalue weighted by molar-refractivity contribution is 7.22. The van der Waals surface area contributed by atoms with Crippen LogP contribution in [-0.4, -0.2) is 69.5 Å². The van der Waals surface area contributed by atoms with Gasteiger partial charge in [-0.1, -0.05) is 6.92 Å². The van der Waals surface area contributed by atoms with Gasteiger partial charge in [-0.05, 0) is 45.0 Å². The van der Waals surface area contributed by atoms with E-state index in [4.69, 9.17) is 9.84 Å². The second kappa shape index (κ2) is 9.96. The van der Waals surface area contributed by atoms with Crippen molar-refractivity contribution in [3.05, 3.63) is 41.6 Å². The van der Waals surface area contributed by atoms with Gasteiger partial charge in [0.05, 0.1) is 33.4 Å². The van der Waals surface area contributed by atoms with E-state index in [1.165, 1.54) is 17.5 Å². The first-order valence-corrected chi connectivity index (χ1v) is 13.3. The lowest BCUT2D eigenvalue weighted by Gasteiger charge is -2.35. The molecule has 0 radical (unpaired) electrons. The predicted molar refractivity (Wildman–Crippen MR) is 146 cm³/mol. The predicted octanol–water partition coefficient (Wildman–Crippen LogP) is 4.70. The molecular weight excluding hydrogens is 491 g/mol. The lowest BCUT2D eigenvalue weighted by Crippen LogP contribution is -2.46. The van der Waals surface area contributed by atoms with Gasteiger partial charge in [0.25, 0.3) is 0 Å². The van der Waals surface area contributed by atoms with Crippen LogP contribution in [-0.2, 0) is 17.4 Å². The van der Waals surface area contributed by atoms with E-state index in [9.17, 15) is 4.39 Å². The number of halogens is 1. The molecule has 4 aromatic rings. The molecule has 0 saturated carbocycles. The van der Waals surface area contributed by atoms with Gasteiger partial charge in [0, 0.05) is 40.3 Å². The Morgan fingerprint density at radius 1 is 1.14 bits per heavy atom. The first kappa shape index (κ1) is 25.5. The van der Waals surface area contributed by atoms with Crippen LogP contribution in [0.1, 0.15) is 32.0 Å². The standard InChI is InChI=1S/C26H33FN8OS/c1-7-34-10-12-35(13-11-34)17-8-9-19(28-14-17)30-25-29-15-18(27)21(31-25)22-16(2)20-23(37-22)24(33(5)32-20)26(3,4)36-6/h8-9,14-15H,7,10-13H2,1-6H3,(H,28,29,30,31). The molecule has 0 bridgehead atoms. The van der Waals surface area contributed by atoms with Gasteiger partial charge < -0.3 is 19.9 Å². The molecule has 11 heteroatoms. The van der Waals surface area contributed by atoms with Crippen molar-refractivity contribution in [3.63, 3.8) is 0 Å². The average molecular weight is 525 g/mol. The summed E-state index contributed by atoms with van der Waals surface area (Å²) in [6.45, 7) is 13.3. The fraction of sp³-hybridized carbons (Fsp3) is 0.462. The molecule has 4 aromatic heterocycles. The van der Waals surface area contributed by atoms with Gasteiger partial charge >= 0.3 is 0 Å². The van der Waals surface area contributed by atoms with Crippen LogP contribution >= 0.6 is 11.3 Å². The molecule has 0 spiro atoms. The van der Waals surface area contributed by atoms with E-state index in [-0.39, 0.29) is 11.6 Å². The molecular formula is C26H33FN8OS. The summed E-state index contributed by atoms with van der Waals surface area (Å²) in [6.07, 6.45) is 3.05. The number of aromatic nitrogens is 5. The number of thiophene rings is 1. The quantitative estimate of drug-likeness (QED) is 0.372. The van der Waals surface area contributed by atoms with Gasteiger partial charge in [0.1, 0.15) is 22.6 Å². The number of fused-ring (bicyclic) bond motifs is 1. The van der Waals surface area contributed by atoms with Gasteiger partial charge in [0.2, 0.25) is 5.95 Å². The molecule has 5 heterocycles. The Kier molecular flexibility index (Phi) is 6.86. The number of nitrogens with zero attached hydrogens (tertiary/aromatic N) is 7. The van der Waals surface area contributed by atoms with Crippen LogP contribution < -0.4 is 10.2 Å². The monoisotopic (exact) mass is 524 g/mol. The van der Waals surface area contributed by atoms with Crippen molar-refractivity contribution in [1.29, 1.82) is 0 Å². The van der Waals surface area contributed by atoms with Crippen LogP contribution in [0.3, 0.4) is 0 Å². The first-order valence-electron chi connectivity index (χ1n) is 12.5. The lowest BCUT2D eigenvalue weighted by molar-refractivity contribution is 0.0137. The van der Waals surface area contributed by atoms with Crippen molar-refractivity contribution in [2.24, 2.45) is 7.05 Å². The molecule has 1 aliphatic rings. The van der Waals surface area contributed by atoms with Crippen LogP contribution in [0.2, 0.25) is 0 Å². The van der Waals surface area contributed by atoms with E-state index in [0.717, 1.165) is 64.8 Å². The molecule has 5 rings (SSSR count). The minimum absolute atomic E-state index is 0.243. The summed E-state index contributed by atoms with van der Waals surface area (Å²) in [5.41, 5.74) is 3.43. The molecule has 37 heavy (non-hydrogen) atoms. The van der Waals surface area contributed by atoms with Crippen LogP contribution in [0.4, 0.5) is 21.8 Å². The Morgan fingerprint density at radius 3 is 2.54 bits per heavy atom. The minimum Gasteiger partial charge on any atom is -0.372 e. The third kappa shape index (κ3) is 4.78. The molecule has 0 aromatic carbocycles. The topological polar surface area (TPSA) is 84.2 Å². The summed E-state index contributed by atoms with van der Waals surface area (Å²) in [5, 5.41) is 7.82. The summed E-state index contributed by atoms with van der Waals surface area (Å²) in [6, 6.07) is 3.95. The van der Waals surface area contributed by atoms with Gasteiger partial charge in [-0.3, -0.25) is 4.68 Å². The fourth-order valence-corrected chi connectivity index (χ4v) is 6.25. The summed E-state index contributed by atoms with van der Waals surface area (Å²) in [7, 11) is 3.58. The van der Waals surface area contributed by atoms with Gasteiger partial charge in [-0.2, -0.15) is 5.10 Å². The second-order valence-corrected chi connectivity index (χ2v) is 10.8. The number of rotatable bonds is 7. The smallest absolute Gasteiger partial charge is 0.229 e. The lowest BCUT2D eigenvalue weighted by atomic mass is 10.0. The Bertz CT molecular complexity index is 1410. The highest BCUT2D eigenvalue weighted by atomic mass is 32.1. The molecule has 0 aliphatic carbocycles. The number of nitrogens with one attached hydrogen (secondary N) is 1. The molecule has 0 unspecified atom stereocenters. The summed E-state index contributed by atoms with van der Waals surface area (Å²) in [5.74, 6) is 0.411. The number of likely N-dealkylation sites (N-methyl/N-ethyl adjacent to an activating group) is 1. The number of methoxy groups -OCH3 is 1. The zero-order chi connectivity index (χ0) is 26.3. The maximum absolute atomic E-state index is 15.0. The second-order valence-electron chi connectivity index (χ2n) is 9.76. The van der Waals surface area contributed by atoms with E-state index >= 15 is 0 Å². The molecule has 0 amide bonds. The normalized spacial score (nSPS) is 15.1. The third-order valence-electron chi connectivity index (χ3n) is 7.12. The van der Waals surface area contributed by atoms with E-state index in [1.807, 2.05) is 50.8 Å². The first-order chi connectivity index (χ1) is 17.7. The van der Waals surface area contributed by atoms with Crippen molar-refractivity contribution in [3.8, 4) is 10.6 Å². The Morgan fingerprint density at radius 2 is 1.89 bits per heavy atom. The van der Waals surface area contributed by atoms with Crippen molar-refractivity contribution in [2.45, 2.75) is 33.3 Å². The number of pyridine rings is 1. The number of ether oxygens (including phenoxy) is 1. The maximum atomic E-state index is 15.0. The zero-order valence-corrected chi connectivity index (χ0v) is 23.0. The van der Waals surface area contributed by atoms with Crippen molar-refractivity contribution >= 4 is 39.0 Å². The van der Waals surface area contributed by atoms with Crippen molar-refractivity contribution in [1.82, 2.24) is 29.6 Å². The third-order valence-corrected chi connectivity index (χ3v) is 8.41. The molecule has 1 fully saturated rings. The molecule has 1 aliphatic heterocycles. The van der Waals surface area contributed by atoms with Crippen molar-refractivity contribution in [2.75, 3.05) is 50.1 Å². The van der Waals surface area contributed by atoms with Crippen LogP contribution in [0.5, 0.6) is 0 Å². The Balaban J connectivity index is 1.40. The van der Waals surface area contributed by atoms with Crippen LogP contribution in [0.15, 0.2) is 24.5 Å². The highest BCUT2D eigenvalue weighted by Gasteiger charge is 2.30. The summed E-state index contributed by atoms with van der Waals surface area (Å²) < 4.78 is 23.5. The molecule has 196 valence electrons. The number of aryl methyl sites for hydroxylation is 2. The number of anilines is 3. The zero-order valence-electron chi connectivity index (χ0n) is 22.2. The van der Waals surface area contributed by atoms with Gasteiger partial charge in [0.15, 0.2) is 5.82 Å². The van der Waals surface area contributed by atoms with Crippen molar-refractivity contribution < 1.29 is 9.13 Å². The minimum atomic E-state index is -0.545. The average Bonchev–Trinajstić information content (AvgIpc) is 3.40. The molecule has 0 atom stereocenters. The van der Waals surface area contributed by atoms with E-state index in [2.05, 4.69) is 37.0 Å².